The Labute approximate surface area is 164 Å². The molecule has 1 atom stereocenters. The van der Waals surface area contributed by atoms with E-state index in [1.54, 1.807) is 18.3 Å². The summed E-state index contributed by atoms with van der Waals surface area (Å²) in [7, 11) is 2.96. The average Bonchev–Trinajstić information content (AvgIpc) is 2.73. The summed E-state index contributed by atoms with van der Waals surface area (Å²) in [4.78, 5) is 35.0. The van der Waals surface area contributed by atoms with Gasteiger partial charge in [0, 0.05) is 18.8 Å². The van der Waals surface area contributed by atoms with E-state index in [2.05, 4.69) is 10.3 Å². The Bertz CT molecular complexity index is 840. The molecule has 2 bridgehead atoms. The van der Waals surface area contributed by atoms with Crippen molar-refractivity contribution < 1.29 is 19.2 Å². The Hall–Kier alpha value is -2.93. The zero-order valence-corrected chi connectivity index (χ0v) is 16.2. The fourth-order valence-corrected chi connectivity index (χ4v) is 3.17. The topological polar surface area (TPSA) is 80.8 Å². The van der Waals surface area contributed by atoms with Gasteiger partial charge in [0.05, 0.1) is 25.0 Å². The maximum atomic E-state index is 13.0. The fraction of sp³-hybridized carbons (Fsp3) is 0.381. The Balaban J connectivity index is 1.97. The molecule has 1 N–H and O–H groups in total. The monoisotopic (exact) mass is 383 g/mol. The van der Waals surface area contributed by atoms with Crippen LogP contribution < -0.4 is 10.1 Å². The lowest BCUT2D eigenvalue weighted by Crippen LogP contribution is -2.47. The third kappa shape index (κ3) is 4.67. The number of amides is 2. The van der Waals surface area contributed by atoms with E-state index in [0.717, 1.165) is 35.6 Å². The molecular weight excluding hydrogens is 358 g/mol. The zero-order valence-electron chi connectivity index (χ0n) is 16.2. The van der Waals surface area contributed by atoms with Crippen molar-refractivity contribution >= 4 is 11.8 Å². The minimum Gasteiger partial charge on any atom is -0.494 e. The molecule has 1 aromatic carbocycles. The van der Waals surface area contributed by atoms with Gasteiger partial charge in [-0.1, -0.05) is 18.6 Å². The molecule has 7 heteroatoms. The highest BCUT2D eigenvalue weighted by atomic mass is 16.7. The first kappa shape index (κ1) is 19.8. The van der Waals surface area contributed by atoms with Crippen molar-refractivity contribution in [3.63, 3.8) is 0 Å². The average molecular weight is 383 g/mol. The predicted molar refractivity (Wildman–Crippen MR) is 105 cm³/mol. The minimum absolute atomic E-state index is 0.286. The Morgan fingerprint density at radius 3 is 2.93 bits per heavy atom. The van der Waals surface area contributed by atoms with Crippen molar-refractivity contribution in [1.29, 1.82) is 0 Å². The van der Waals surface area contributed by atoms with Crippen LogP contribution in [0, 0.1) is 0 Å². The summed E-state index contributed by atoms with van der Waals surface area (Å²) in [5, 5.41) is 4.01. The van der Waals surface area contributed by atoms with Gasteiger partial charge in [-0.05, 0) is 43.5 Å². The van der Waals surface area contributed by atoms with Crippen LogP contribution in [0.4, 0.5) is 0 Å². The lowest BCUT2D eigenvalue weighted by atomic mass is 10.0. The van der Waals surface area contributed by atoms with Gasteiger partial charge in [0.2, 0.25) is 0 Å². The van der Waals surface area contributed by atoms with Gasteiger partial charge in [0.25, 0.3) is 11.8 Å². The zero-order chi connectivity index (χ0) is 19.9. The molecule has 0 saturated heterocycles. The fourth-order valence-electron chi connectivity index (χ4n) is 3.17. The second-order valence-corrected chi connectivity index (χ2v) is 6.67. The number of hydrogen-bond acceptors (Lipinski definition) is 5. The summed E-state index contributed by atoms with van der Waals surface area (Å²) in [6.45, 7) is 0.599. The van der Waals surface area contributed by atoms with Crippen molar-refractivity contribution in [2.24, 2.45) is 0 Å². The summed E-state index contributed by atoms with van der Waals surface area (Å²) < 4.78 is 5.84. The van der Waals surface area contributed by atoms with Crippen molar-refractivity contribution in [2.45, 2.75) is 31.7 Å². The molecule has 2 heterocycles. The first-order valence-electron chi connectivity index (χ1n) is 9.41. The molecule has 0 aliphatic carbocycles. The molecule has 1 unspecified atom stereocenters. The van der Waals surface area contributed by atoms with Crippen molar-refractivity contribution in [1.82, 2.24) is 15.4 Å². The highest BCUT2D eigenvalue weighted by molar-refractivity contribution is 6.02. The molecule has 28 heavy (non-hydrogen) atoms. The molecule has 1 aliphatic heterocycles. The predicted octanol–water partition coefficient (Wildman–Crippen LogP) is 2.82. The number of hydrogen-bond donors (Lipinski definition) is 1. The number of carbonyl (C=O) groups is 2. The molecule has 2 aromatic rings. The second kappa shape index (κ2) is 9.32. The first-order chi connectivity index (χ1) is 13.6. The third-order valence-corrected chi connectivity index (χ3v) is 4.75. The minimum atomic E-state index is -0.666. The lowest BCUT2D eigenvalue weighted by Gasteiger charge is -2.23. The highest BCUT2D eigenvalue weighted by Crippen LogP contribution is 2.26. The summed E-state index contributed by atoms with van der Waals surface area (Å²) in [5.41, 5.74) is 1.75. The van der Waals surface area contributed by atoms with Gasteiger partial charge in [-0.3, -0.25) is 19.4 Å². The van der Waals surface area contributed by atoms with Gasteiger partial charge >= 0.3 is 0 Å². The van der Waals surface area contributed by atoms with Crippen LogP contribution in [0.5, 0.6) is 5.75 Å². The molecule has 2 amide bonds. The molecule has 0 saturated carbocycles. The molecule has 1 aromatic heterocycles. The quantitative estimate of drug-likeness (QED) is 0.807. The molecular formula is C21H25N3O4. The lowest BCUT2D eigenvalue weighted by molar-refractivity contribution is -0.171. The number of nitrogens with zero attached hydrogens (tertiary/aromatic N) is 2. The van der Waals surface area contributed by atoms with Crippen LogP contribution in [0.2, 0.25) is 0 Å². The summed E-state index contributed by atoms with van der Waals surface area (Å²) >= 11 is 0. The number of fused-ring (bicyclic) bond motifs is 4. The summed E-state index contributed by atoms with van der Waals surface area (Å²) in [5.74, 6) is 0.127. The van der Waals surface area contributed by atoms with E-state index >= 15 is 0 Å². The number of carbonyl (C=O) groups excluding carboxylic acids is 2. The van der Waals surface area contributed by atoms with Crippen molar-refractivity contribution in [3.05, 3.63) is 48.2 Å². The smallest absolute Gasteiger partial charge is 0.268 e. The van der Waals surface area contributed by atoms with E-state index in [4.69, 9.17) is 9.57 Å². The van der Waals surface area contributed by atoms with Crippen LogP contribution in [-0.4, -0.2) is 48.7 Å². The molecule has 0 radical (unpaired) electrons. The Morgan fingerprint density at radius 2 is 2.11 bits per heavy atom. The van der Waals surface area contributed by atoms with Crippen LogP contribution in [0.1, 0.15) is 36.0 Å². The normalized spacial score (nSPS) is 17.5. The Morgan fingerprint density at radius 1 is 1.25 bits per heavy atom. The van der Waals surface area contributed by atoms with Crippen LogP contribution in [0.25, 0.3) is 11.3 Å². The summed E-state index contributed by atoms with van der Waals surface area (Å²) in [6, 6.07) is 10.3. The van der Waals surface area contributed by atoms with Crippen LogP contribution in [-0.2, 0) is 9.63 Å². The molecule has 0 fully saturated rings. The van der Waals surface area contributed by atoms with E-state index in [-0.39, 0.29) is 11.8 Å². The molecule has 1 aliphatic rings. The largest absolute Gasteiger partial charge is 0.494 e. The van der Waals surface area contributed by atoms with Gasteiger partial charge < -0.3 is 10.1 Å². The number of hydroxylamine groups is 2. The van der Waals surface area contributed by atoms with Gasteiger partial charge in [-0.2, -0.15) is 0 Å². The molecule has 0 spiro atoms. The van der Waals surface area contributed by atoms with Gasteiger partial charge in [-0.25, -0.2) is 5.06 Å². The summed E-state index contributed by atoms with van der Waals surface area (Å²) in [6.07, 6.45) is 4.73. The van der Waals surface area contributed by atoms with E-state index < -0.39 is 6.04 Å². The maximum Gasteiger partial charge on any atom is 0.268 e. The molecule has 148 valence electrons. The third-order valence-electron chi connectivity index (χ3n) is 4.75. The second-order valence-electron chi connectivity index (χ2n) is 6.67. The number of pyridine rings is 1. The van der Waals surface area contributed by atoms with Gasteiger partial charge in [-0.15, -0.1) is 0 Å². The van der Waals surface area contributed by atoms with E-state index in [1.807, 2.05) is 24.3 Å². The first-order valence-corrected chi connectivity index (χ1v) is 9.41. The molecule has 3 rings (SSSR count). The number of aromatic nitrogens is 1. The molecule has 7 nitrogen and oxygen atoms in total. The van der Waals surface area contributed by atoms with E-state index in [1.165, 1.54) is 14.2 Å². The van der Waals surface area contributed by atoms with Crippen LogP contribution in [0.15, 0.2) is 42.6 Å². The maximum absolute atomic E-state index is 13.0. The standard InChI is InChI=1S/C21H25N3O4/c1-24(27-2)21(26)18-11-4-3-5-13-28-16-9-6-8-15(14-16)19-17(20(25)23-18)10-7-12-22-19/h6-10,12,14,18H,3-5,11,13H2,1-2H3,(H,23,25). The van der Waals surface area contributed by atoms with Crippen LogP contribution in [0.3, 0.4) is 0 Å². The number of ether oxygens (including phenoxy) is 1. The highest BCUT2D eigenvalue weighted by Gasteiger charge is 2.26. The van der Waals surface area contributed by atoms with Crippen molar-refractivity contribution in [2.75, 3.05) is 20.8 Å². The Kier molecular flexibility index (Phi) is 6.60. The van der Waals surface area contributed by atoms with Crippen molar-refractivity contribution in [3.8, 4) is 17.0 Å². The van der Waals surface area contributed by atoms with Gasteiger partial charge in [0.15, 0.2) is 0 Å². The van der Waals surface area contributed by atoms with E-state index in [0.29, 0.717) is 24.3 Å². The van der Waals surface area contributed by atoms with Gasteiger partial charge in [0.1, 0.15) is 11.8 Å². The van der Waals surface area contributed by atoms with Crippen LogP contribution >= 0.6 is 0 Å². The number of likely N-dealkylation sites (N-methyl/N-ethyl adjacent to an activating group) is 1. The number of nitrogens with one attached hydrogen (secondary N) is 1. The van der Waals surface area contributed by atoms with E-state index in [9.17, 15) is 9.59 Å². The number of rotatable bonds is 2. The SMILES string of the molecule is CON(C)C(=O)C1CCCCCOc2cccc(c2)-c2ncccc2C(=O)N1. The number of benzene rings is 1.